The van der Waals surface area contributed by atoms with Crippen LogP contribution in [0.2, 0.25) is 0 Å². The number of hydrogen-bond acceptors (Lipinski definition) is 12. The summed E-state index contributed by atoms with van der Waals surface area (Å²) < 4.78 is 20.8. The van der Waals surface area contributed by atoms with E-state index < -0.39 is 85.8 Å². The van der Waals surface area contributed by atoms with Gasteiger partial charge in [0.2, 0.25) is 5.91 Å². The van der Waals surface area contributed by atoms with Crippen molar-refractivity contribution in [3.05, 3.63) is 0 Å². The molecule has 0 radical (unpaired) electrons. The van der Waals surface area contributed by atoms with Gasteiger partial charge >= 0.3 is 17.9 Å². The smallest absolute Gasteiger partial charge is 0.364 e. The molecule has 32 heavy (non-hydrogen) atoms. The Bertz CT molecular complexity index is 684. The maximum Gasteiger partial charge on any atom is 0.364 e. The second-order valence-electron chi connectivity index (χ2n) is 7.30. The number of carbonyl (C=O) groups excluding carboxylic acids is 3. The van der Waals surface area contributed by atoms with Gasteiger partial charge in [-0.1, -0.05) is 0 Å². The summed E-state index contributed by atoms with van der Waals surface area (Å²) in [4.78, 5) is 46.7. The lowest BCUT2D eigenvalue weighted by Gasteiger charge is -2.45. The topological polar surface area (TPSA) is 218 Å². The van der Waals surface area contributed by atoms with Gasteiger partial charge in [-0.15, -0.1) is 0 Å². The standard InChI is InChI=1S/C18H29NO13/c1-8(21)6-29-7-12(30-9(2)22)15(31-10(3)23)16-14(19-13(25)5-20)11(24)4-18(28,32-16)17(26)27/h8,11-12,14-16,20-21,24,28H,4-7H2,1-3H3,(H,19,25)(H,26,27)/t8?,11-,12?,14+,15?,16+,18?/m0/s1. The number of carboxylic acid groups (broad SMARTS) is 1. The van der Waals surface area contributed by atoms with Crippen LogP contribution in [0, 0.1) is 0 Å². The molecule has 1 rings (SSSR count). The lowest BCUT2D eigenvalue weighted by Crippen LogP contribution is -2.68. The Morgan fingerprint density at radius 3 is 2.22 bits per heavy atom. The highest BCUT2D eigenvalue weighted by Crippen LogP contribution is 2.32. The number of esters is 2. The average molecular weight is 467 g/mol. The molecule has 1 saturated heterocycles. The van der Waals surface area contributed by atoms with E-state index in [1.807, 2.05) is 0 Å². The predicted octanol–water partition coefficient (Wildman–Crippen LogP) is -3.35. The van der Waals surface area contributed by atoms with Crippen LogP contribution in [0.3, 0.4) is 0 Å². The molecular weight excluding hydrogens is 438 g/mol. The predicted molar refractivity (Wildman–Crippen MR) is 101 cm³/mol. The monoisotopic (exact) mass is 467 g/mol. The Morgan fingerprint density at radius 1 is 1.16 bits per heavy atom. The number of ether oxygens (including phenoxy) is 4. The van der Waals surface area contributed by atoms with Crippen molar-refractivity contribution in [1.29, 1.82) is 0 Å². The van der Waals surface area contributed by atoms with Crippen LogP contribution in [0.1, 0.15) is 27.2 Å². The van der Waals surface area contributed by atoms with Crippen molar-refractivity contribution in [2.75, 3.05) is 19.8 Å². The fraction of sp³-hybridized carbons (Fsp3) is 0.778. The van der Waals surface area contributed by atoms with Crippen LogP contribution in [-0.2, 0) is 38.1 Å². The van der Waals surface area contributed by atoms with Crippen LogP contribution >= 0.6 is 0 Å². The maximum atomic E-state index is 11.8. The highest BCUT2D eigenvalue weighted by molar-refractivity contribution is 5.78. The zero-order chi connectivity index (χ0) is 24.6. The van der Waals surface area contributed by atoms with Crippen LogP contribution in [0.5, 0.6) is 0 Å². The van der Waals surface area contributed by atoms with Gasteiger partial charge in [0.05, 0.1) is 31.5 Å². The molecule has 1 amide bonds. The number of nitrogens with one attached hydrogen (secondary N) is 1. The quantitative estimate of drug-likeness (QED) is 0.164. The third-order valence-corrected chi connectivity index (χ3v) is 4.34. The minimum absolute atomic E-state index is 0.206. The van der Waals surface area contributed by atoms with Gasteiger partial charge in [-0.2, -0.15) is 0 Å². The SMILES string of the molecule is CC(=O)OC(COCC(C)O)C(OC(C)=O)[C@@H]1OC(O)(C(=O)O)C[C@H](O)[C@H]1NC(=O)CO. The summed E-state index contributed by atoms with van der Waals surface area (Å²) >= 11 is 0. The van der Waals surface area contributed by atoms with Crippen molar-refractivity contribution in [3.8, 4) is 0 Å². The molecule has 0 aromatic rings. The van der Waals surface area contributed by atoms with Gasteiger partial charge in [-0.05, 0) is 6.92 Å². The third kappa shape index (κ3) is 7.96. The van der Waals surface area contributed by atoms with E-state index in [9.17, 15) is 39.6 Å². The molecule has 1 aliphatic heterocycles. The van der Waals surface area contributed by atoms with E-state index in [1.165, 1.54) is 6.92 Å². The third-order valence-electron chi connectivity index (χ3n) is 4.34. The van der Waals surface area contributed by atoms with E-state index >= 15 is 0 Å². The maximum absolute atomic E-state index is 11.8. The molecule has 0 spiro atoms. The molecule has 0 aliphatic carbocycles. The summed E-state index contributed by atoms with van der Waals surface area (Å²) in [7, 11) is 0. The van der Waals surface area contributed by atoms with Crippen LogP contribution < -0.4 is 5.32 Å². The van der Waals surface area contributed by atoms with E-state index in [2.05, 4.69) is 5.32 Å². The molecule has 0 aromatic carbocycles. The molecule has 184 valence electrons. The average Bonchev–Trinajstić information content (AvgIpc) is 2.66. The zero-order valence-electron chi connectivity index (χ0n) is 17.8. The zero-order valence-corrected chi connectivity index (χ0v) is 17.8. The van der Waals surface area contributed by atoms with Gasteiger partial charge in [-0.3, -0.25) is 14.4 Å². The minimum Gasteiger partial charge on any atom is -0.477 e. The largest absolute Gasteiger partial charge is 0.477 e. The molecule has 0 aromatic heterocycles. The Balaban J connectivity index is 3.41. The highest BCUT2D eigenvalue weighted by atomic mass is 16.7. The van der Waals surface area contributed by atoms with Gasteiger partial charge in [0.1, 0.15) is 12.7 Å². The molecule has 4 unspecified atom stereocenters. The first-order chi connectivity index (χ1) is 14.8. The lowest BCUT2D eigenvalue weighted by atomic mass is 9.88. The molecule has 14 nitrogen and oxygen atoms in total. The van der Waals surface area contributed by atoms with E-state index in [-0.39, 0.29) is 6.61 Å². The molecule has 0 saturated carbocycles. The van der Waals surface area contributed by atoms with Gasteiger partial charge in [-0.25, -0.2) is 4.79 Å². The van der Waals surface area contributed by atoms with Crippen LogP contribution in [0.15, 0.2) is 0 Å². The Labute approximate surface area is 183 Å². The molecule has 0 bridgehead atoms. The molecule has 14 heteroatoms. The number of rotatable bonds is 11. The summed E-state index contributed by atoms with van der Waals surface area (Å²) in [6.45, 7) is 1.76. The molecule has 7 atom stereocenters. The first-order valence-electron chi connectivity index (χ1n) is 9.62. The molecule has 6 N–H and O–H groups in total. The lowest BCUT2D eigenvalue weighted by molar-refractivity contribution is -0.297. The number of aliphatic hydroxyl groups excluding tert-OH is 3. The molecule has 1 heterocycles. The normalized spacial score (nSPS) is 28.2. The Kier molecular flexibility index (Phi) is 10.4. The van der Waals surface area contributed by atoms with Crippen molar-refractivity contribution in [1.82, 2.24) is 5.32 Å². The fourth-order valence-corrected chi connectivity index (χ4v) is 3.10. The van der Waals surface area contributed by atoms with Crippen molar-refractivity contribution >= 4 is 23.8 Å². The van der Waals surface area contributed by atoms with Gasteiger partial charge < -0.3 is 49.8 Å². The van der Waals surface area contributed by atoms with Crippen molar-refractivity contribution in [3.63, 3.8) is 0 Å². The Hall–Kier alpha value is -2.36. The van der Waals surface area contributed by atoms with Crippen LogP contribution in [-0.4, -0.2) is 112 Å². The van der Waals surface area contributed by atoms with E-state index in [0.29, 0.717) is 0 Å². The van der Waals surface area contributed by atoms with Crippen molar-refractivity contribution in [2.45, 2.75) is 69.5 Å². The first-order valence-corrected chi connectivity index (χ1v) is 9.62. The number of carboxylic acids is 1. The van der Waals surface area contributed by atoms with E-state index in [0.717, 1.165) is 13.8 Å². The molecule has 1 aliphatic rings. The molecular formula is C18H29NO13. The number of aliphatic carboxylic acids is 1. The van der Waals surface area contributed by atoms with E-state index in [4.69, 9.17) is 24.1 Å². The van der Waals surface area contributed by atoms with Crippen LogP contribution in [0.25, 0.3) is 0 Å². The van der Waals surface area contributed by atoms with Gasteiger partial charge in [0, 0.05) is 20.3 Å². The summed E-state index contributed by atoms with van der Waals surface area (Å²) in [6, 6.07) is -1.49. The number of amides is 1. The molecule has 1 fully saturated rings. The van der Waals surface area contributed by atoms with E-state index in [1.54, 1.807) is 0 Å². The summed E-state index contributed by atoms with van der Waals surface area (Å²) in [6.07, 6.45) is -8.42. The minimum atomic E-state index is -2.94. The summed E-state index contributed by atoms with van der Waals surface area (Å²) in [5.74, 6) is -7.58. The van der Waals surface area contributed by atoms with Gasteiger partial charge in [0.15, 0.2) is 12.2 Å². The summed E-state index contributed by atoms with van der Waals surface area (Å²) in [5, 5.41) is 50.7. The second-order valence-corrected chi connectivity index (χ2v) is 7.30. The second kappa shape index (κ2) is 12.0. The number of carbonyl (C=O) groups is 4. The van der Waals surface area contributed by atoms with Crippen molar-refractivity contribution < 1.29 is 63.7 Å². The highest BCUT2D eigenvalue weighted by Gasteiger charge is 2.55. The fourth-order valence-electron chi connectivity index (χ4n) is 3.10. The number of hydrogen-bond donors (Lipinski definition) is 6. The van der Waals surface area contributed by atoms with Crippen LogP contribution in [0.4, 0.5) is 0 Å². The van der Waals surface area contributed by atoms with Crippen molar-refractivity contribution in [2.24, 2.45) is 0 Å². The number of aliphatic hydroxyl groups is 4. The Morgan fingerprint density at radius 2 is 1.75 bits per heavy atom. The van der Waals surface area contributed by atoms with Gasteiger partial charge in [0.25, 0.3) is 5.79 Å². The summed E-state index contributed by atoms with van der Waals surface area (Å²) in [5.41, 5.74) is 0. The first kappa shape index (κ1) is 27.7.